The lowest BCUT2D eigenvalue weighted by atomic mass is 10.2. The molecule has 0 saturated carbocycles. The van der Waals surface area contributed by atoms with Crippen LogP contribution in [0.3, 0.4) is 0 Å². The van der Waals surface area contributed by atoms with Gasteiger partial charge in [-0.25, -0.2) is 9.67 Å². The lowest BCUT2D eigenvalue weighted by molar-refractivity contribution is 0.509. The molecule has 1 aromatic heterocycles. The van der Waals surface area contributed by atoms with E-state index in [-0.39, 0.29) is 0 Å². The Kier molecular flexibility index (Phi) is 4.08. The molecule has 5 heteroatoms. The van der Waals surface area contributed by atoms with Gasteiger partial charge < -0.3 is 10.2 Å². The summed E-state index contributed by atoms with van der Waals surface area (Å²) in [7, 11) is 0. The van der Waals surface area contributed by atoms with Gasteiger partial charge in [-0.1, -0.05) is 0 Å². The van der Waals surface area contributed by atoms with E-state index in [4.69, 9.17) is 0 Å². The molecular weight excluding hydrogens is 262 g/mol. The first-order valence-electron chi connectivity index (χ1n) is 7.71. The van der Waals surface area contributed by atoms with Crippen molar-refractivity contribution in [3.05, 3.63) is 36.4 Å². The normalized spacial score (nSPS) is 14.9. The highest BCUT2D eigenvalue weighted by Gasteiger charge is 2.12. The lowest BCUT2D eigenvalue weighted by Crippen LogP contribution is -2.17. The molecule has 2 aromatic rings. The van der Waals surface area contributed by atoms with Crippen LogP contribution in [0.4, 0.5) is 11.4 Å². The fourth-order valence-electron chi connectivity index (χ4n) is 2.78. The average Bonchev–Trinajstić information content (AvgIpc) is 3.17. The molecule has 1 aliphatic rings. The van der Waals surface area contributed by atoms with Gasteiger partial charge in [0.15, 0.2) is 0 Å². The summed E-state index contributed by atoms with van der Waals surface area (Å²) in [6.45, 7) is 7.29. The molecule has 1 aromatic carbocycles. The SMILES string of the molecule is CC(C)n1ncnc1CNc1ccc(N2CCCC2)cc1. The second-order valence-corrected chi connectivity index (χ2v) is 5.81. The molecular formula is C16H23N5. The molecule has 0 aliphatic carbocycles. The maximum absolute atomic E-state index is 4.31. The summed E-state index contributed by atoms with van der Waals surface area (Å²) >= 11 is 0. The zero-order chi connectivity index (χ0) is 14.7. The monoisotopic (exact) mass is 285 g/mol. The van der Waals surface area contributed by atoms with Gasteiger partial charge in [0.1, 0.15) is 12.2 Å². The van der Waals surface area contributed by atoms with Gasteiger partial charge in [-0.3, -0.25) is 0 Å². The fourth-order valence-corrected chi connectivity index (χ4v) is 2.78. The fraction of sp³-hybridized carbons (Fsp3) is 0.500. The third kappa shape index (κ3) is 3.17. The number of hydrogen-bond donors (Lipinski definition) is 1. The number of hydrogen-bond acceptors (Lipinski definition) is 4. The van der Waals surface area contributed by atoms with Crippen LogP contribution in [0.25, 0.3) is 0 Å². The van der Waals surface area contributed by atoms with E-state index >= 15 is 0 Å². The molecule has 0 radical (unpaired) electrons. The van der Waals surface area contributed by atoms with Crippen LogP contribution in [-0.4, -0.2) is 27.9 Å². The number of nitrogens with zero attached hydrogens (tertiary/aromatic N) is 4. The molecule has 1 fully saturated rings. The first-order valence-corrected chi connectivity index (χ1v) is 7.71. The van der Waals surface area contributed by atoms with Crippen molar-refractivity contribution in [3.63, 3.8) is 0 Å². The van der Waals surface area contributed by atoms with Gasteiger partial charge in [-0.05, 0) is 51.0 Å². The zero-order valence-electron chi connectivity index (χ0n) is 12.8. The summed E-state index contributed by atoms with van der Waals surface area (Å²) in [5.41, 5.74) is 2.44. The molecule has 0 unspecified atom stereocenters. The van der Waals surface area contributed by atoms with Crippen molar-refractivity contribution < 1.29 is 0 Å². The van der Waals surface area contributed by atoms with Crippen LogP contribution in [0.1, 0.15) is 38.6 Å². The predicted molar refractivity (Wildman–Crippen MR) is 85.6 cm³/mol. The number of rotatable bonds is 5. The van der Waals surface area contributed by atoms with Crippen LogP contribution < -0.4 is 10.2 Å². The predicted octanol–water partition coefficient (Wildman–Crippen LogP) is 3.07. The molecule has 3 rings (SSSR count). The molecule has 0 spiro atoms. The standard InChI is InChI=1S/C16H23N5/c1-13(2)21-16(18-12-19-21)11-17-14-5-7-15(8-6-14)20-9-3-4-10-20/h5-8,12-13,17H,3-4,9-11H2,1-2H3. The van der Waals surface area contributed by atoms with E-state index in [9.17, 15) is 0 Å². The van der Waals surface area contributed by atoms with Crippen LogP contribution in [0.15, 0.2) is 30.6 Å². The number of benzene rings is 1. The highest BCUT2D eigenvalue weighted by molar-refractivity contribution is 5.55. The molecule has 21 heavy (non-hydrogen) atoms. The Bertz CT molecular complexity index is 567. The second-order valence-electron chi connectivity index (χ2n) is 5.81. The van der Waals surface area contributed by atoms with Crippen molar-refractivity contribution >= 4 is 11.4 Å². The van der Waals surface area contributed by atoms with Crippen LogP contribution in [0.2, 0.25) is 0 Å². The summed E-state index contributed by atoms with van der Waals surface area (Å²) in [6.07, 6.45) is 4.24. The molecule has 112 valence electrons. The van der Waals surface area contributed by atoms with Crippen LogP contribution in [0, 0.1) is 0 Å². The molecule has 5 nitrogen and oxygen atoms in total. The molecule has 0 bridgehead atoms. The Balaban J connectivity index is 1.61. The smallest absolute Gasteiger partial charge is 0.146 e. The van der Waals surface area contributed by atoms with Crippen LogP contribution in [0.5, 0.6) is 0 Å². The Morgan fingerprint density at radius 1 is 1.14 bits per heavy atom. The van der Waals surface area contributed by atoms with Crippen LogP contribution in [-0.2, 0) is 6.54 Å². The number of aromatic nitrogens is 3. The minimum atomic E-state index is 0.335. The first kappa shape index (κ1) is 13.9. The van der Waals surface area contributed by atoms with E-state index in [1.54, 1.807) is 6.33 Å². The van der Waals surface area contributed by atoms with Gasteiger partial charge in [-0.2, -0.15) is 5.10 Å². The Hall–Kier alpha value is -2.04. The summed E-state index contributed by atoms with van der Waals surface area (Å²) in [5.74, 6) is 0.966. The van der Waals surface area contributed by atoms with Gasteiger partial charge >= 0.3 is 0 Å². The van der Waals surface area contributed by atoms with Gasteiger partial charge in [0.05, 0.1) is 6.54 Å². The van der Waals surface area contributed by atoms with Gasteiger partial charge in [-0.15, -0.1) is 0 Å². The Labute approximate surface area is 126 Å². The lowest BCUT2D eigenvalue weighted by Gasteiger charge is -2.18. The molecule has 1 saturated heterocycles. The van der Waals surface area contributed by atoms with Crippen molar-refractivity contribution in [2.75, 3.05) is 23.3 Å². The van der Waals surface area contributed by atoms with Crippen molar-refractivity contribution in [3.8, 4) is 0 Å². The zero-order valence-corrected chi connectivity index (χ0v) is 12.8. The van der Waals surface area contributed by atoms with Gasteiger partial charge in [0.2, 0.25) is 0 Å². The quantitative estimate of drug-likeness (QED) is 0.917. The molecule has 2 heterocycles. The average molecular weight is 285 g/mol. The Morgan fingerprint density at radius 3 is 2.52 bits per heavy atom. The summed E-state index contributed by atoms with van der Waals surface area (Å²) in [5, 5.41) is 7.67. The molecule has 1 aliphatic heterocycles. The van der Waals surface area contributed by atoms with E-state index in [0.717, 1.165) is 11.5 Å². The second kappa shape index (κ2) is 6.16. The Morgan fingerprint density at radius 2 is 1.86 bits per heavy atom. The number of nitrogens with one attached hydrogen (secondary N) is 1. The highest BCUT2D eigenvalue weighted by Crippen LogP contribution is 2.22. The topological polar surface area (TPSA) is 46.0 Å². The van der Waals surface area contributed by atoms with Crippen molar-refractivity contribution in [1.29, 1.82) is 0 Å². The highest BCUT2D eigenvalue weighted by atomic mass is 15.4. The summed E-state index contributed by atoms with van der Waals surface area (Å²) < 4.78 is 1.95. The molecule has 1 N–H and O–H groups in total. The maximum atomic E-state index is 4.31. The van der Waals surface area contributed by atoms with Gasteiger partial charge in [0, 0.05) is 30.5 Å². The third-order valence-corrected chi connectivity index (χ3v) is 3.93. The maximum Gasteiger partial charge on any atom is 0.146 e. The van der Waals surface area contributed by atoms with Crippen molar-refractivity contribution in [1.82, 2.24) is 14.8 Å². The largest absolute Gasteiger partial charge is 0.378 e. The van der Waals surface area contributed by atoms with Crippen LogP contribution >= 0.6 is 0 Å². The number of anilines is 2. The third-order valence-electron chi connectivity index (χ3n) is 3.93. The molecule has 0 atom stereocenters. The van der Waals surface area contributed by atoms with E-state index in [0.29, 0.717) is 12.6 Å². The first-order chi connectivity index (χ1) is 10.2. The minimum Gasteiger partial charge on any atom is -0.378 e. The minimum absolute atomic E-state index is 0.335. The summed E-state index contributed by atoms with van der Waals surface area (Å²) in [4.78, 5) is 6.76. The van der Waals surface area contributed by atoms with E-state index in [2.05, 4.69) is 58.4 Å². The van der Waals surface area contributed by atoms with Crippen molar-refractivity contribution in [2.45, 2.75) is 39.3 Å². The van der Waals surface area contributed by atoms with E-state index in [1.165, 1.54) is 31.6 Å². The van der Waals surface area contributed by atoms with E-state index in [1.807, 2.05) is 4.68 Å². The van der Waals surface area contributed by atoms with Crippen molar-refractivity contribution in [2.24, 2.45) is 0 Å². The van der Waals surface area contributed by atoms with Gasteiger partial charge in [0.25, 0.3) is 0 Å². The summed E-state index contributed by atoms with van der Waals surface area (Å²) in [6, 6.07) is 9.01. The molecule has 0 amide bonds. The van der Waals surface area contributed by atoms with E-state index < -0.39 is 0 Å².